The van der Waals surface area contributed by atoms with Crippen LogP contribution in [-0.2, 0) is 11.2 Å². The molecule has 0 atom stereocenters. The Labute approximate surface area is 140 Å². The van der Waals surface area contributed by atoms with Crippen LogP contribution in [0.2, 0.25) is 9.36 Å². The molecule has 0 aliphatic carbocycles. The maximum absolute atomic E-state index is 11.8. The van der Waals surface area contributed by atoms with Gasteiger partial charge < -0.3 is 9.15 Å². The van der Waals surface area contributed by atoms with E-state index in [1.165, 1.54) is 24.0 Å². The van der Waals surface area contributed by atoms with Gasteiger partial charge in [0.2, 0.25) is 0 Å². The molecule has 3 rings (SSSR count). The number of carbonyl (C=O) groups excluding carboxylic acids is 1. The van der Waals surface area contributed by atoms with Crippen LogP contribution in [-0.4, -0.2) is 11.0 Å². The van der Waals surface area contributed by atoms with Crippen molar-refractivity contribution in [3.63, 3.8) is 0 Å². The van der Waals surface area contributed by atoms with E-state index in [0.29, 0.717) is 9.36 Å². The van der Waals surface area contributed by atoms with Crippen LogP contribution in [0.3, 0.4) is 0 Å². The summed E-state index contributed by atoms with van der Waals surface area (Å²) >= 11 is 13.7. The zero-order valence-electron chi connectivity index (χ0n) is 11.1. The van der Waals surface area contributed by atoms with Gasteiger partial charge in [0, 0.05) is 15.5 Å². The summed E-state index contributed by atoms with van der Waals surface area (Å²) in [6.45, 7) is 0. The fourth-order valence-corrected chi connectivity index (χ4v) is 3.34. The van der Waals surface area contributed by atoms with Crippen molar-refractivity contribution in [2.45, 2.75) is 6.42 Å². The van der Waals surface area contributed by atoms with Gasteiger partial charge in [-0.15, -0.1) is 11.3 Å². The summed E-state index contributed by atoms with van der Waals surface area (Å²) in [7, 11) is 0. The third-order valence-corrected chi connectivity index (χ3v) is 4.43. The summed E-state index contributed by atoms with van der Waals surface area (Å²) in [6, 6.07) is 9.17. The number of benzene rings is 1. The molecule has 7 heteroatoms. The quantitative estimate of drug-likeness (QED) is 0.628. The molecule has 4 nitrogen and oxygen atoms in total. The van der Waals surface area contributed by atoms with Crippen LogP contribution >= 0.6 is 34.5 Å². The number of thiophene rings is 1. The number of carbonyl (C=O) groups is 1. The zero-order valence-corrected chi connectivity index (χ0v) is 13.4. The summed E-state index contributed by atoms with van der Waals surface area (Å²) in [5.74, 6) is -0.294. The van der Waals surface area contributed by atoms with Crippen LogP contribution in [0.4, 0.5) is 0 Å². The molecule has 0 radical (unpaired) electrons. The van der Waals surface area contributed by atoms with Crippen molar-refractivity contribution in [3.8, 4) is 16.3 Å². The Morgan fingerprint density at radius 1 is 1.27 bits per heavy atom. The topological polar surface area (TPSA) is 52.3 Å². The Hall–Kier alpha value is -1.82. The van der Waals surface area contributed by atoms with E-state index in [4.69, 9.17) is 32.4 Å². The molecule has 3 aromatic rings. The number of aromatic nitrogens is 1. The van der Waals surface area contributed by atoms with Gasteiger partial charge in [0.25, 0.3) is 5.88 Å². The third kappa shape index (κ3) is 3.50. The first-order valence-electron chi connectivity index (χ1n) is 6.25. The lowest BCUT2D eigenvalue weighted by atomic mass is 10.1. The number of oxazole rings is 1. The van der Waals surface area contributed by atoms with Gasteiger partial charge in [-0.2, -0.15) is 4.98 Å². The third-order valence-electron chi connectivity index (χ3n) is 2.85. The molecular formula is C15H9Cl2NO3S. The van der Waals surface area contributed by atoms with E-state index in [2.05, 4.69) is 4.98 Å². The van der Waals surface area contributed by atoms with Crippen LogP contribution < -0.4 is 4.74 Å². The second kappa shape index (κ2) is 6.52. The van der Waals surface area contributed by atoms with Gasteiger partial charge in [-0.25, -0.2) is 0 Å². The minimum atomic E-state index is -0.433. The molecule has 0 bridgehead atoms. The molecule has 0 fully saturated rings. The van der Waals surface area contributed by atoms with Gasteiger partial charge in [0.05, 0.1) is 10.8 Å². The number of halogens is 2. The zero-order chi connectivity index (χ0) is 15.5. The van der Waals surface area contributed by atoms with Crippen LogP contribution in [0.1, 0.15) is 5.56 Å². The van der Waals surface area contributed by atoms with Crippen molar-refractivity contribution in [2.75, 3.05) is 0 Å². The molecule has 0 aliphatic heterocycles. The molecule has 2 heterocycles. The normalized spacial score (nSPS) is 10.6. The van der Waals surface area contributed by atoms with E-state index in [-0.39, 0.29) is 12.3 Å². The van der Waals surface area contributed by atoms with E-state index < -0.39 is 5.97 Å². The SMILES string of the molecule is O=C(Cc1ccc(-c2ccc(Cl)s2)c(Cl)c1)Oc1cocn1. The predicted molar refractivity (Wildman–Crippen MR) is 85.6 cm³/mol. The van der Waals surface area contributed by atoms with Gasteiger partial charge in [0.15, 0.2) is 12.7 Å². The van der Waals surface area contributed by atoms with E-state index in [1.54, 1.807) is 6.07 Å². The summed E-state index contributed by atoms with van der Waals surface area (Å²) in [6.07, 6.45) is 2.55. The molecule has 0 saturated heterocycles. The highest BCUT2D eigenvalue weighted by atomic mass is 35.5. The van der Waals surface area contributed by atoms with Crippen molar-refractivity contribution in [3.05, 3.63) is 57.9 Å². The lowest BCUT2D eigenvalue weighted by Crippen LogP contribution is -2.11. The maximum Gasteiger partial charge on any atom is 0.317 e. The van der Waals surface area contributed by atoms with Gasteiger partial charge in [-0.05, 0) is 23.8 Å². The number of hydrogen-bond donors (Lipinski definition) is 0. The molecule has 0 saturated carbocycles. The Kier molecular flexibility index (Phi) is 4.47. The second-order valence-corrected chi connectivity index (χ2v) is 6.52. The maximum atomic E-state index is 11.8. The molecule has 22 heavy (non-hydrogen) atoms. The monoisotopic (exact) mass is 353 g/mol. The van der Waals surface area contributed by atoms with Crippen LogP contribution in [0.15, 0.2) is 47.4 Å². The Morgan fingerprint density at radius 2 is 2.14 bits per heavy atom. The molecule has 0 unspecified atom stereocenters. The van der Waals surface area contributed by atoms with Gasteiger partial charge in [-0.3, -0.25) is 4.79 Å². The lowest BCUT2D eigenvalue weighted by molar-refractivity contribution is -0.133. The van der Waals surface area contributed by atoms with E-state index in [9.17, 15) is 4.79 Å². The van der Waals surface area contributed by atoms with Crippen LogP contribution in [0.25, 0.3) is 10.4 Å². The molecule has 0 aliphatic rings. The Bertz CT molecular complexity index is 799. The minimum absolute atomic E-state index is 0.0953. The molecule has 0 amide bonds. The number of hydrogen-bond acceptors (Lipinski definition) is 5. The highest BCUT2D eigenvalue weighted by molar-refractivity contribution is 7.19. The average Bonchev–Trinajstić information content (AvgIpc) is 3.10. The Balaban J connectivity index is 1.73. The first kappa shape index (κ1) is 15.1. The van der Waals surface area contributed by atoms with E-state index in [1.807, 2.05) is 24.3 Å². The first-order chi connectivity index (χ1) is 10.6. The van der Waals surface area contributed by atoms with Crippen LogP contribution in [0.5, 0.6) is 5.88 Å². The van der Waals surface area contributed by atoms with E-state index in [0.717, 1.165) is 16.0 Å². The highest BCUT2D eigenvalue weighted by Crippen LogP contribution is 2.35. The lowest BCUT2D eigenvalue weighted by Gasteiger charge is -2.05. The molecule has 0 spiro atoms. The first-order valence-corrected chi connectivity index (χ1v) is 7.82. The van der Waals surface area contributed by atoms with Crippen molar-refractivity contribution in [2.24, 2.45) is 0 Å². The fourth-order valence-electron chi connectivity index (χ4n) is 1.90. The average molecular weight is 354 g/mol. The van der Waals surface area contributed by atoms with Crippen molar-refractivity contribution in [1.29, 1.82) is 0 Å². The number of nitrogens with zero attached hydrogens (tertiary/aromatic N) is 1. The largest absolute Gasteiger partial charge is 0.448 e. The van der Waals surface area contributed by atoms with Gasteiger partial charge in [0.1, 0.15) is 0 Å². The number of rotatable bonds is 4. The second-order valence-electron chi connectivity index (χ2n) is 4.40. The molecule has 0 N–H and O–H groups in total. The van der Waals surface area contributed by atoms with Crippen molar-refractivity contribution < 1.29 is 13.9 Å². The van der Waals surface area contributed by atoms with Crippen molar-refractivity contribution >= 4 is 40.5 Å². The van der Waals surface area contributed by atoms with E-state index >= 15 is 0 Å². The summed E-state index contributed by atoms with van der Waals surface area (Å²) in [5, 5.41) is 0.560. The summed E-state index contributed by atoms with van der Waals surface area (Å²) in [4.78, 5) is 16.5. The molecule has 2 aromatic heterocycles. The van der Waals surface area contributed by atoms with Gasteiger partial charge in [-0.1, -0.05) is 35.3 Å². The van der Waals surface area contributed by atoms with Crippen LogP contribution in [0, 0.1) is 0 Å². The Morgan fingerprint density at radius 3 is 2.77 bits per heavy atom. The minimum Gasteiger partial charge on any atom is -0.448 e. The fraction of sp³-hybridized carbons (Fsp3) is 0.0667. The summed E-state index contributed by atoms with van der Waals surface area (Å²) in [5.41, 5.74) is 1.64. The molecule has 1 aromatic carbocycles. The molecular weight excluding hydrogens is 345 g/mol. The predicted octanol–water partition coefficient (Wildman–Crippen LogP) is 4.86. The smallest absolute Gasteiger partial charge is 0.317 e. The standard InChI is InChI=1S/C15H9Cl2NO3S/c16-11-5-9(6-15(19)21-14-7-20-8-18-14)1-2-10(11)12-3-4-13(17)22-12/h1-5,7-8H,6H2. The highest BCUT2D eigenvalue weighted by Gasteiger charge is 2.11. The summed E-state index contributed by atoms with van der Waals surface area (Å²) < 4.78 is 10.4. The number of esters is 1. The number of ether oxygens (including phenoxy) is 1. The van der Waals surface area contributed by atoms with Crippen molar-refractivity contribution in [1.82, 2.24) is 4.98 Å². The molecule has 112 valence electrons. The van der Waals surface area contributed by atoms with Gasteiger partial charge >= 0.3 is 5.97 Å².